The number of nitrogens with one attached hydrogen (secondary N) is 2. The molecule has 2 aliphatic rings. The van der Waals surface area contributed by atoms with Crippen molar-refractivity contribution in [3.8, 4) is 0 Å². The number of hydrogen-bond acceptors (Lipinski definition) is 4. The molecule has 3 amide bonds. The second-order valence-corrected chi connectivity index (χ2v) is 10.9. The van der Waals surface area contributed by atoms with Gasteiger partial charge in [-0.3, -0.25) is 19.3 Å². The Morgan fingerprint density at radius 3 is 2.15 bits per heavy atom. The van der Waals surface area contributed by atoms with Crippen LogP contribution in [0.3, 0.4) is 0 Å². The normalized spacial score (nSPS) is 17.0. The lowest BCUT2D eigenvalue weighted by atomic mass is 9.68. The Morgan fingerprint density at radius 1 is 0.900 bits per heavy atom. The maximum Gasteiger partial charge on any atom is 0.268 e. The third-order valence-corrected chi connectivity index (χ3v) is 7.70. The van der Waals surface area contributed by atoms with Gasteiger partial charge in [0.15, 0.2) is 0 Å². The van der Waals surface area contributed by atoms with Gasteiger partial charge in [-0.2, -0.15) is 0 Å². The number of aromatic nitrogens is 1. The van der Waals surface area contributed by atoms with E-state index in [0.717, 1.165) is 16.8 Å². The van der Waals surface area contributed by atoms with Gasteiger partial charge in [-0.1, -0.05) is 24.3 Å². The van der Waals surface area contributed by atoms with Crippen LogP contribution < -0.4 is 10.6 Å². The van der Waals surface area contributed by atoms with E-state index in [4.69, 9.17) is 0 Å². The Bertz CT molecular complexity index is 1420. The van der Waals surface area contributed by atoms with Gasteiger partial charge in [0, 0.05) is 77.0 Å². The number of benzene rings is 2. The van der Waals surface area contributed by atoms with Crippen LogP contribution in [0.4, 0.5) is 14.5 Å². The predicted octanol–water partition coefficient (Wildman–Crippen LogP) is 4.22. The van der Waals surface area contributed by atoms with Gasteiger partial charge in [0.25, 0.3) is 17.7 Å². The number of alkyl halides is 2. The van der Waals surface area contributed by atoms with Gasteiger partial charge in [-0.25, -0.2) is 8.78 Å². The number of anilines is 1. The smallest absolute Gasteiger partial charge is 0.268 e. The molecule has 210 valence electrons. The summed E-state index contributed by atoms with van der Waals surface area (Å²) < 4.78 is 30.6. The van der Waals surface area contributed by atoms with E-state index >= 15 is 0 Å². The summed E-state index contributed by atoms with van der Waals surface area (Å²) in [5.41, 5.74) is 3.37. The van der Waals surface area contributed by atoms with Crippen molar-refractivity contribution in [3.63, 3.8) is 0 Å². The second kappa shape index (κ2) is 10.5. The van der Waals surface area contributed by atoms with Gasteiger partial charge in [-0.15, -0.1) is 0 Å². The van der Waals surface area contributed by atoms with Crippen molar-refractivity contribution in [2.75, 3.05) is 26.0 Å². The third-order valence-electron chi connectivity index (χ3n) is 7.70. The number of amides is 3. The zero-order valence-electron chi connectivity index (χ0n) is 22.8. The Hall–Kier alpha value is -4.05. The molecule has 1 fully saturated rings. The number of halogens is 2. The van der Waals surface area contributed by atoms with Gasteiger partial charge in [0.05, 0.1) is 5.54 Å². The predicted molar refractivity (Wildman–Crippen MR) is 147 cm³/mol. The summed E-state index contributed by atoms with van der Waals surface area (Å²) in [6.45, 7) is 3.21. The first-order valence-corrected chi connectivity index (χ1v) is 13.3. The zero-order valence-corrected chi connectivity index (χ0v) is 22.8. The molecule has 8 nitrogen and oxygen atoms in total. The maximum atomic E-state index is 14.4. The first kappa shape index (κ1) is 27.5. The minimum Gasteiger partial charge on any atom is -0.347 e. The largest absolute Gasteiger partial charge is 0.347 e. The van der Waals surface area contributed by atoms with E-state index in [1.165, 1.54) is 11.8 Å². The Morgan fingerprint density at radius 2 is 1.55 bits per heavy atom. The molecule has 5 rings (SSSR count). The summed E-state index contributed by atoms with van der Waals surface area (Å²) >= 11 is 0. The fourth-order valence-electron chi connectivity index (χ4n) is 5.76. The first-order chi connectivity index (χ1) is 19.0. The summed E-state index contributed by atoms with van der Waals surface area (Å²) in [5, 5.41) is 5.63. The molecule has 2 heterocycles. The van der Waals surface area contributed by atoms with Crippen molar-refractivity contribution in [1.29, 1.82) is 0 Å². The van der Waals surface area contributed by atoms with Crippen LogP contribution in [0.15, 0.2) is 60.7 Å². The van der Waals surface area contributed by atoms with Crippen LogP contribution in [0.25, 0.3) is 0 Å². The summed E-state index contributed by atoms with van der Waals surface area (Å²) in [5.74, 6) is -3.29. The van der Waals surface area contributed by atoms with Crippen LogP contribution in [-0.4, -0.2) is 58.7 Å². The van der Waals surface area contributed by atoms with E-state index in [2.05, 4.69) is 15.5 Å². The molecule has 0 unspecified atom stereocenters. The number of carbonyl (C=O) groups is 3. The van der Waals surface area contributed by atoms with Crippen LogP contribution in [0.5, 0.6) is 0 Å². The minimum atomic E-state index is -2.77. The van der Waals surface area contributed by atoms with E-state index in [9.17, 15) is 23.2 Å². The fraction of sp³-hybridized carbons (Fsp3) is 0.367. The van der Waals surface area contributed by atoms with Crippen molar-refractivity contribution in [3.05, 3.63) is 88.7 Å². The molecule has 1 saturated carbocycles. The van der Waals surface area contributed by atoms with Crippen LogP contribution in [-0.2, 0) is 30.0 Å². The molecular formula is C30H33F2N5O3. The highest BCUT2D eigenvalue weighted by Crippen LogP contribution is 2.57. The van der Waals surface area contributed by atoms with Crippen molar-refractivity contribution in [1.82, 2.24) is 19.7 Å². The monoisotopic (exact) mass is 549 g/mol. The van der Waals surface area contributed by atoms with Crippen molar-refractivity contribution < 1.29 is 23.2 Å². The molecule has 40 heavy (non-hydrogen) atoms. The van der Waals surface area contributed by atoms with E-state index < -0.39 is 11.5 Å². The van der Waals surface area contributed by atoms with Gasteiger partial charge in [0.1, 0.15) is 5.69 Å². The molecule has 1 aromatic heterocycles. The van der Waals surface area contributed by atoms with Gasteiger partial charge < -0.3 is 20.1 Å². The molecule has 0 atom stereocenters. The standard InChI is InChI=1S/C30H33F2N5O3/c1-20(38)34-24-10-6-21(7-11-24)16-33-27(39)25-12-13-26-29(18-30(31,32)19-29)36(14-15-37(25)26)17-22-4-8-23(9-5-22)28(40)35(2)3/h4-13H,14-19H2,1-3H3,(H,33,39)(H,34,38). The first-order valence-electron chi connectivity index (χ1n) is 13.3. The number of fused-ring (bicyclic) bond motifs is 2. The van der Waals surface area contributed by atoms with Crippen molar-refractivity contribution >= 4 is 23.4 Å². The van der Waals surface area contributed by atoms with Gasteiger partial charge >= 0.3 is 0 Å². The number of rotatable bonds is 7. The summed E-state index contributed by atoms with van der Waals surface area (Å²) in [4.78, 5) is 40.2. The third kappa shape index (κ3) is 5.36. The number of hydrogen-bond donors (Lipinski definition) is 2. The Balaban J connectivity index is 1.31. The Labute approximate surface area is 231 Å². The average molecular weight is 550 g/mol. The highest BCUT2D eigenvalue weighted by atomic mass is 19.3. The molecule has 0 bridgehead atoms. The lowest BCUT2D eigenvalue weighted by Gasteiger charge is -2.56. The van der Waals surface area contributed by atoms with E-state index in [1.807, 2.05) is 28.8 Å². The molecule has 10 heteroatoms. The highest BCUT2D eigenvalue weighted by molar-refractivity contribution is 5.94. The summed E-state index contributed by atoms with van der Waals surface area (Å²) in [6.07, 6.45) is -0.605. The quantitative estimate of drug-likeness (QED) is 0.462. The lowest BCUT2D eigenvalue weighted by molar-refractivity contribution is -0.192. The van der Waals surface area contributed by atoms with Crippen molar-refractivity contribution in [2.45, 2.75) is 50.9 Å². The molecule has 3 aromatic rings. The maximum absolute atomic E-state index is 14.4. The van der Waals surface area contributed by atoms with E-state index in [0.29, 0.717) is 43.1 Å². The van der Waals surface area contributed by atoms with Crippen molar-refractivity contribution in [2.24, 2.45) is 0 Å². The Kier molecular flexibility index (Phi) is 7.22. The molecule has 2 N–H and O–H groups in total. The molecule has 1 aliphatic carbocycles. The molecule has 0 radical (unpaired) electrons. The molecule has 0 saturated heterocycles. The average Bonchev–Trinajstić information content (AvgIpc) is 3.33. The van der Waals surface area contributed by atoms with Crippen LogP contribution in [0, 0.1) is 0 Å². The van der Waals surface area contributed by atoms with Crippen LogP contribution in [0.1, 0.15) is 57.4 Å². The summed E-state index contributed by atoms with van der Waals surface area (Å²) in [7, 11) is 3.39. The molecular weight excluding hydrogens is 516 g/mol. The SMILES string of the molecule is CC(=O)Nc1ccc(CNC(=O)c2ccc3n2CCN(Cc2ccc(C(=O)N(C)C)cc2)C32CC(F)(F)C2)cc1. The molecule has 1 aliphatic heterocycles. The molecule has 1 spiro atoms. The lowest BCUT2D eigenvalue weighted by Crippen LogP contribution is -2.63. The zero-order chi connectivity index (χ0) is 28.7. The number of carbonyl (C=O) groups excluding carboxylic acids is 3. The van der Waals surface area contributed by atoms with E-state index in [-0.39, 0.29) is 30.6 Å². The van der Waals surface area contributed by atoms with Crippen LogP contribution in [0.2, 0.25) is 0 Å². The van der Waals surface area contributed by atoms with Gasteiger partial charge in [0.2, 0.25) is 5.91 Å². The molecule has 2 aromatic carbocycles. The minimum absolute atomic E-state index is 0.0923. The second-order valence-electron chi connectivity index (χ2n) is 10.9. The highest BCUT2D eigenvalue weighted by Gasteiger charge is 2.62. The van der Waals surface area contributed by atoms with Gasteiger partial charge in [-0.05, 0) is 47.5 Å². The van der Waals surface area contributed by atoms with Crippen LogP contribution >= 0.6 is 0 Å². The topological polar surface area (TPSA) is 86.7 Å². The van der Waals surface area contributed by atoms with E-state index in [1.54, 1.807) is 50.5 Å². The number of nitrogens with zero attached hydrogens (tertiary/aromatic N) is 3. The summed E-state index contributed by atoms with van der Waals surface area (Å²) in [6, 6.07) is 18.0. The fourth-order valence-corrected chi connectivity index (χ4v) is 5.76.